The predicted molar refractivity (Wildman–Crippen MR) is 93.3 cm³/mol. The first-order chi connectivity index (χ1) is 11.1. The van der Waals surface area contributed by atoms with E-state index in [0.29, 0.717) is 16.5 Å². The Hall–Kier alpha value is -2.07. The van der Waals surface area contributed by atoms with Crippen molar-refractivity contribution in [3.63, 3.8) is 0 Å². The van der Waals surface area contributed by atoms with E-state index >= 15 is 0 Å². The predicted octanol–water partition coefficient (Wildman–Crippen LogP) is 4.35. The number of likely N-dealkylation sites (tertiary alicyclic amines) is 1. The molecule has 2 aromatic rings. The third-order valence-electron chi connectivity index (χ3n) is 4.06. The maximum absolute atomic E-state index is 12.6. The van der Waals surface area contributed by atoms with Crippen molar-refractivity contribution in [1.29, 1.82) is 0 Å². The van der Waals surface area contributed by atoms with E-state index in [1.54, 1.807) is 12.4 Å². The van der Waals surface area contributed by atoms with Crippen molar-refractivity contribution in [2.45, 2.75) is 19.8 Å². The Morgan fingerprint density at radius 3 is 2.78 bits per heavy atom. The highest BCUT2D eigenvalue weighted by molar-refractivity contribution is 6.30. The van der Waals surface area contributed by atoms with Crippen LogP contribution in [0.5, 0.6) is 0 Å². The van der Waals surface area contributed by atoms with Crippen LogP contribution in [0.3, 0.4) is 0 Å². The Balaban J connectivity index is 1.74. The molecular weight excluding hydrogens is 310 g/mol. The molecule has 0 saturated carbocycles. The Morgan fingerprint density at radius 1 is 1.26 bits per heavy atom. The number of amides is 1. The minimum Gasteiger partial charge on any atom is -0.354 e. The van der Waals surface area contributed by atoms with Gasteiger partial charge in [-0.2, -0.15) is 0 Å². The number of nitrogens with one attached hydrogen (secondary N) is 1. The summed E-state index contributed by atoms with van der Waals surface area (Å²) in [6.45, 7) is 3.85. The second-order valence-electron chi connectivity index (χ2n) is 6.09. The molecule has 0 aliphatic carbocycles. The lowest BCUT2D eigenvalue weighted by molar-refractivity contribution is 0.0682. The van der Waals surface area contributed by atoms with E-state index in [-0.39, 0.29) is 5.91 Å². The van der Waals surface area contributed by atoms with Gasteiger partial charge < -0.3 is 10.2 Å². The first-order valence-electron chi connectivity index (χ1n) is 7.89. The van der Waals surface area contributed by atoms with Gasteiger partial charge in [0.05, 0.1) is 17.4 Å². The van der Waals surface area contributed by atoms with E-state index in [1.165, 1.54) is 6.42 Å². The molecule has 1 atom stereocenters. The Morgan fingerprint density at radius 2 is 2.04 bits per heavy atom. The Kier molecular flexibility index (Phi) is 4.82. The van der Waals surface area contributed by atoms with E-state index in [1.807, 2.05) is 35.2 Å². The number of aromatic nitrogens is 1. The lowest BCUT2D eigenvalue weighted by Gasteiger charge is -2.31. The highest BCUT2D eigenvalue weighted by Crippen LogP contribution is 2.21. The number of anilines is 2. The van der Waals surface area contributed by atoms with Gasteiger partial charge in [0.2, 0.25) is 0 Å². The molecule has 1 aliphatic heterocycles. The van der Waals surface area contributed by atoms with Crippen LogP contribution in [0, 0.1) is 5.92 Å². The summed E-state index contributed by atoms with van der Waals surface area (Å²) in [5, 5.41) is 3.94. The van der Waals surface area contributed by atoms with Crippen molar-refractivity contribution in [2.24, 2.45) is 5.92 Å². The number of pyridine rings is 1. The van der Waals surface area contributed by atoms with Crippen LogP contribution in [0.2, 0.25) is 5.02 Å². The lowest BCUT2D eigenvalue weighted by atomic mass is 10.00. The number of carbonyl (C=O) groups is 1. The summed E-state index contributed by atoms with van der Waals surface area (Å²) >= 11 is 5.89. The summed E-state index contributed by atoms with van der Waals surface area (Å²) in [5.41, 5.74) is 2.33. The number of piperidine rings is 1. The summed E-state index contributed by atoms with van der Waals surface area (Å²) in [6.07, 6.45) is 5.61. The molecule has 0 radical (unpaired) electrons. The standard InChI is InChI=1S/C18H20ClN3O/c1-13-3-2-8-22(12-13)18(23)14-9-17(11-20-10-14)21-16-6-4-15(19)5-7-16/h4-7,9-11,13,21H,2-3,8,12H2,1H3. The molecule has 1 amide bonds. The van der Waals surface area contributed by atoms with Crippen LogP contribution < -0.4 is 5.32 Å². The van der Waals surface area contributed by atoms with Gasteiger partial charge in [-0.3, -0.25) is 9.78 Å². The summed E-state index contributed by atoms with van der Waals surface area (Å²) in [6, 6.07) is 9.28. The van der Waals surface area contributed by atoms with E-state index in [0.717, 1.165) is 30.9 Å². The van der Waals surface area contributed by atoms with Crippen LogP contribution >= 0.6 is 11.6 Å². The molecule has 5 heteroatoms. The topological polar surface area (TPSA) is 45.2 Å². The highest BCUT2D eigenvalue weighted by Gasteiger charge is 2.22. The SMILES string of the molecule is CC1CCCN(C(=O)c2cncc(Nc3ccc(Cl)cc3)c2)C1. The molecule has 1 aromatic heterocycles. The van der Waals surface area contributed by atoms with Crippen LogP contribution in [-0.2, 0) is 0 Å². The number of halogens is 1. The second-order valence-corrected chi connectivity index (χ2v) is 6.53. The van der Waals surface area contributed by atoms with Crippen molar-refractivity contribution in [3.8, 4) is 0 Å². The molecule has 1 aromatic carbocycles. The Bertz CT molecular complexity index is 687. The lowest BCUT2D eigenvalue weighted by Crippen LogP contribution is -2.39. The quantitative estimate of drug-likeness (QED) is 0.910. The third-order valence-corrected chi connectivity index (χ3v) is 4.31. The van der Waals surface area contributed by atoms with E-state index in [9.17, 15) is 4.79 Å². The van der Waals surface area contributed by atoms with Gasteiger partial charge in [-0.1, -0.05) is 18.5 Å². The smallest absolute Gasteiger partial charge is 0.255 e. The minimum atomic E-state index is 0.0591. The summed E-state index contributed by atoms with van der Waals surface area (Å²) < 4.78 is 0. The third kappa shape index (κ3) is 4.02. The van der Waals surface area contributed by atoms with Gasteiger partial charge >= 0.3 is 0 Å². The molecular formula is C18H20ClN3O. The zero-order valence-corrected chi connectivity index (χ0v) is 13.9. The molecule has 1 aliphatic rings. The fourth-order valence-corrected chi connectivity index (χ4v) is 3.01. The average Bonchev–Trinajstić information content (AvgIpc) is 2.56. The zero-order valence-electron chi connectivity index (χ0n) is 13.1. The molecule has 1 fully saturated rings. The van der Waals surface area contributed by atoms with Crippen molar-refractivity contribution in [2.75, 3.05) is 18.4 Å². The highest BCUT2D eigenvalue weighted by atomic mass is 35.5. The molecule has 3 rings (SSSR count). The number of hydrogen-bond acceptors (Lipinski definition) is 3. The fraction of sp³-hybridized carbons (Fsp3) is 0.333. The maximum Gasteiger partial charge on any atom is 0.255 e. The van der Waals surface area contributed by atoms with Gasteiger partial charge in [-0.15, -0.1) is 0 Å². The largest absolute Gasteiger partial charge is 0.354 e. The van der Waals surface area contributed by atoms with Crippen molar-refractivity contribution >= 4 is 28.9 Å². The number of hydrogen-bond donors (Lipinski definition) is 1. The maximum atomic E-state index is 12.6. The first-order valence-corrected chi connectivity index (χ1v) is 8.26. The molecule has 2 heterocycles. The van der Waals surface area contributed by atoms with Crippen LogP contribution in [0.1, 0.15) is 30.1 Å². The molecule has 0 spiro atoms. The summed E-state index contributed by atoms with van der Waals surface area (Å²) in [7, 11) is 0. The van der Waals surface area contributed by atoms with Crippen molar-refractivity contribution < 1.29 is 4.79 Å². The number of benzene rings is 1. The van der Waals surface area contributed by atoms with Gasteiger partial charge in [0, 0.05) is 30.0 Å². The van der Waals surface area contributed by atoms with Crippen LogP contribution in [-0.4, -0.2) is 28.9 Å². The van der Waals surface area contributed by atoms with Gasteiger partial charge in [0.1, 0.15) is 0 Å². The number of carbonyl (C=O) groups excluding carboxylic acids is 1. The van der Waals surface area contributed by atoms with E-state index < -0.39 is 0 Å². The number of rotatable bonds is 3. The van der Waals surface area contributed by atoms with Crippen LogP contribution in [0.15, 0.2) is 42.7 Å². The Labute approximate surface area is 141 Å². The molecule has 23 heavy (non-hydrogen) atoms. The van der Waals surface area contributed by atoms with Gasteiger partial charge in [-0.25, -0.2) is 0 Å². The van der Waals surface area contributed by atoms with Gasteiger partial charge in [0.25, 0.3) is 5.91 Å². The molecule has 120 valence electrons. The zero-order chi connectivity index (χ0) is 16.2. The first kappa shape index (κ1) is 15.8. The van der Waals surface area contributed by atoms with Crippen LogP contribution in [0.4, 0.5) is 11.4 Å². The molecule has 1 N–H and O–H groups in total. The second kappa shape index (κ2) is 7.01. The van der Waals surface area contributed by atoms with E-state index in [2.05, 4.69) is 17.2 Å². The van der Waals surface area contributed by atoms with Crippen molar-refractivity contribution in [3.05, 3.63) is 53.3 Å². The van der Waals surface area contributed by atoms with Gasteiger partial charge in [0.15, 0.2) is 0 Å². The van der Waals surface area contributed by atoms with Gasteiger partial charge in [-0.05, 0) is 49.1 Å². The molecule has 0 bridgehead atoms. The monoisotopic (exact) mass is 329 g/mol. The summed E-state index contributed by atoms with van der Waals surface area (Å²) in [4.78, 5) is 18.8. The number of nitrogens with zero attached hydrogens (tertiary/aromatic N) is 2. The molecule has 4 nitrogen and oxygen atoms in total. The fourth-order valence-electron chi connectivity index (χ4n) is 2.88. The summed E-state index contributed by atoms with van der Waals surface area (Å²) in [5.74, 6) is 0.625. The minimum absolute atomic E-state index is 0.0591. The van der Waals surface area contributed by atoms with Crippen LogP contribution in [0.25, 0.3) is 0 Å². The van der Waals surface area contributed by atoms with Crippen molar-refractivity contribution in [1.82, 2.24) is 9.88 Å². The molecule has 1 saturated heterocycles. The normalized spacial score (nSPS) is 17.8. The molecule has 1 unspecified atom stereocenters. The average molecular weight is 330 g/mol. The van der Waals surface area contributed by atoms with E-state index in [4.69, 9.17) is 11.6 Å².